The van der Waals surface area contributed by atoms with Crippen molar-refractivity contribution in [1.29, 1.82) is 0 Å². The van der Waals surface area contributed by atoms with E-state index in [0.29, 0.717) is 12.8 Å². The van der Waals surface area contributed by atoms with Gasteiger partial charge in [-0.15, -0.1) is 0 Å². The summed E-state index contributed by atoms with van der Waals surface area (Å²) in [7, 11) is 0. The molecular formula is C17H30O6. The number of hydrogen-bond donors (Lipinski definition) is 2. The lowest BCUT2D eigenvalue weighted by Gasteiger charge is -2.36. The first kappa shape index (κ1) is 20.1. The van der Waals surface area contributed by atoms with E-state index in [1.165, 1.54) is 6.08 Å². The Labute approximate surface area is 138 Å². The van der Waals surface area contributed by atoms with Crippen molar-refractivity contribution in [3.05, 3.63) is 12.2 Å². The molecule has 5 atom stereocenters. The summed E-state index contributed by atoms with van der Waals surface area (Å²) in [6.07, 6.45) is 2.03. The van der Waals surface area contributed by atoms with Crippen molar-refractivity contribution in [3.8, 4) is 0 Å². The molecule has 2 N–H and O–H groups in total. The molecule has 0 spiro atoms. The highest BCUT2D eigenvalue weighted by molar-refractivity contribution is 5.82. The zero-order valence-corrected chi connectivity index (χ0v) is 14.7. The van der Waals surface area contributed by atoms with Crippen LogP contribution in [-0.4, -0.2) is 52.5 Å². The minimum absolute atomic E-state index is 0.139. The molecule has 1 fully saturated rings. The number of carbonyl (C=O) groups is 1. The molecule has 1 aliphatic rings. The molecule has 1 heterocycles. The van der Waals surface area contributed by atoms with Gasteiger partial charge in [0.05, 0.1) is 18.3 Å². The molecule has 134 valence electrons. The maximum absolute atomic E-state index is 11.5. The van der Waals surface area contributed by atoms with E-state index in [9.17, 15) is 15.0 Å². The topological polar surface area (TPSA) is 85.2 Å². The summed E-state index contributed by atoms with van der Waals surface area (Å²) in [6, 6.07) is 0. The van der Waals surface area contributed by atoms with Crippen LogP contribution < -0.4 is 0 Å². The van der Waals surface area contributed by atoms with Crippen molar-refractivity contribution < 1.29 is 29.2 Å². The van der Waals surface area contributed by atoms with Crippen LogP contribution in [0.15, 0.2) is 12.2 Å². The Hall–Kier alpha value is -0.950. The fourth-order valence-corrected chi connectivity index (χ4v) is 2.21. The second kappa shape index (κ2) is 8.78. The van der Waals surface area contributed by atoms with Gasteiger partial charge in [-0.05, 0) is 47.5 Å². The molecule has 0 bridgehead atoms. The van der Waals surface area contributed by atoms with E-state index in [0.717, 1.165) is 0 Å². The van der Waals surface area contributed by atoms with Gasteiger partial charge in [-0.3, -0.25) is 0 Å². The molecule has 0 aromatic carbocycles. The minimum Gasteiger partial charge on any atom is -0.457 e. The second-order valence-corrected chi connectivity index (χ2v) is 7.04. The van der Waals surface area contributed by atoms with Crippen molar-refractivity contribution in [3.63, 3.8) is 0 Å². The third kappa shape index (κ3) is 7.92. The van der Waals surface area contributed by atoms with Gasteiger partial charge in [-0.1, -0.05) is 6.08 Å². The van der Waals surface area contributed by atoms with Crippen molar-refractivity contribution in [2.24, 2.45) is 0 Å². The lowest BCUT2D eigenvalue weighted by atomic mass is 10.0. The minimum atomic E-state index is -0.832. The van der Waals surface area contributed by atoms with Gasteiger partial charge in [0.15, 0.2) is 6.29 Å². The number of rotatable bonds is 6. The van der Waals surface area contributed by atoms with Gasteiger partial charge in [0, 0.05) is 12.5 Å². The summed E-state index contributed by atoms with van der Waals surface area (Å²) in [5, 5.41) is 19.5. The number of aliphatic hydroxyl groups is 2. The van der Waals surface area contributed by atoms with E-state index in [1.54, 1.807) is 13.0 Å². The largest absolute Gasteiger partial charge is 0.457 e. The first-order valence-corrected chi connectivity index (χ1v) is 8.15. The van der Waals surface area contributed by atoms with E-state index < -0.39 is 24.1 Å². The number of allylic oxidation sites excluding steroid dienone is 1. The molecule has 0 amide bonds. The fraction of sp³-hybridized carbons (Fsp3) is 0.824. The molecule has 6 heteroatoms. The van der Waals surface area contributed by atoms with E-state index in [-0.39, 0.29) is 24.6 Å². The summed E-state index contributed by atoms with van der Waals surface area (Å²) < 4.78 is 16.3. The Morgan fingerprint density at radius 3 is 2.61 bits per heavy atom. The van der Waals surface area contributed by atoms with Gasteiger partial charge in [0.1, 0.15) is 11.7 Å². The summed E-state index contributed by atoms with van der Waals surface area (Å²) in [4.78, 5) is 11.5. The van der Waals surface area contributed by atoms with Gasteiger partial charge in [-0.2, -0.15) is 0 Å². The van der Waals surface area contributed by atoms with Gasteiger partial charge in [0.25, 0.3) is 0 Å². The molecule has 0 aromatic rings. The highest BCUT2D eigenvalue weighted by atomic mass is 16.7. The van der Waals surface area contributed by atoms with Gasteiger partial charge in [-0.25, -0.2) is 4.79 Å². The molecule has 2 unspecified atom stereocenters. The van der Waals surface area contributed by atoms with Crippen LogP contribution >= 0.6 is 0 Å². The normalized spacial score (nSPS) is 30.4. The molecule has 0 aliphatic carbocycles. The molecule has 23 heavy (non-hydrogen) atoms. The van der Waals surface area contributed by atoms with Crippen LogP contribution in [0.2, 0.25) is 0 Å². The number of carbonyl (C=O) groups excluding carboxylic acids is 1. The zero-order valence-electron chi connectivity index (χ0n) is 14.7. The van der Waals surface area contributed by atoms with Crippen LogP contribution in [0.25, 0.3) is 0 Å². The summed E-state index contributed by atoms with van der Waals surface area (Å²) in [6.45, 7) is 9.10. The maximum atomic E-state index is 11.5. The lowest BCUT2D eigenvalue weighted by molar-refractivity contribution is -0.273. The molecule has 1 saturated heterocycles. The monoisotopic (exact) mass is 330 g/mol. The van der Waals surface area contributed by atoms with Crippen LogP contribution in [0.3, 0.4) is 0 Å². The predicted molar refractivity (Wildman–Crippen MR) is 85.7 cm³/mol. The van der Waals surface area contributed by atoms with Crippen LogP contribution in [0.1, 0.15) is 53.9 Å². The average molecular weight is 330 g/mol. The van der Waals surface area contributed by atoms with Crippen molar-refractivity contribution >= 4 is 5.97 Å². The molecule has 6 nitrogen and oxygen atoms in total. The van der Waals surface area contributed by atoms with Crippen molar-refractivity contribution in [1.82, 2.24) is 0 Å². The molecule has 0 aromatic heterocycles. The van der Waals surface area contributed by atoms with E-state index >= 15 is 0 Å². The maximum Gasteiger partial charge on any atom is 0.330 e. The van der Waals surface area contributed by atoms with Crippen molar-refractivity contribution in [2.75, 3.05) is 0 Å². The molecule has 0 saturated carbocycles. The quantitative estimate of drug-likeness (QED) is 0.572. The number of aliphatic hydroxyl groups excluding tert-OH is 2. The van der Waals surface area contributed by atoms with E-state index in [4.69, 9.17) is 14.2 Å². The van der Waals surface area contributed by atoms with Gasteiger partial charge >= 0.3 is 5.97 Å². The first-order valence-electron chi connectivity index (χ1n) is 8.15. The molecule has 0 radical (unpaired) electrons. The highest BCUT2D eigenvalue weighted by Gasteiger charge is 2.35. The smallest absolute Gasteiger partial charge is 0.330 e. The standard InChI is InChI=1S/C17H30O6/c1-11(8-6-7-9-15(20)23-17(3,4)5)21-16-14(19)10-13(18)12(2)22-16/h7,9,11-14,16,18-19H,6,8,10H2,1-5H3/b9-7+/t11-,12?,13-,14+,16?/m1/s1. The van der Waals surface area contributed by atoms with Crippen molar-refractivity contribution in [2.45, 2.75) is 90.2 Å². The van der Waals surface area contributed by atoms with Gasteiger partial charge in [0.2, 0.25) is 0 Å². The van der Waals surface area contributed by atoms with Crippen LogP contribution in [0.4, 0.5) is 0 Å². The average Bonchev–Trinajstić information content (AvgIpc) is 2.39. The Morgan fingerprint density at radius 1 is 1.35 bits per heavy atom. The van der Waals surface area contributed by atoms with Crippen LogP contribution in [0.5, 0.6) is 0 Å². The highest BCUT2D eigenvalue weighted by Crippen LogP contribution is 2.22. The van der Waals surface area contributed by atoms with Crippen LogP contribution in [0, 0.1) is 0 Å². The first-order chi connectivity index (χ1) is 10.6. The summed E-state index contributed by atoms with van der Waals surface area (Å²) in [5.41, 5.74) is -0.493. The predicted octanol–water partition coefficient (Wildman–Crippen LogP) is 1.93. The lowest BCUT2D eigenvalue weighted by Crippen LogP contribution is -2.48. The second-order valence-electron chi connectivity index (χ2n) is 7.04. The van der Waals surface area contributed by atoms with Gasteiger partial charge < -0.3 is 24.4 Å². The zero-order chi connectivity index (χ0) is 17.6. The molecular weight excluding hydrogens is 300 g/mol. The number of hydrogen-bond acceptors (Lipinski definition) is 6. The Balaban J connectivity index is 2.29. The third-order valence-electron chi connectivity index (χ3n) is 3.45. The Kier molecular flexibility index (Phi) is 7.67. The van der Waals surface area contributed by atoms with E-state index in [2.05, 4.69) is 0 Å². The number of esters is 1. The van der Waals surface area contributed by atoms with Crippen LogP contribution in [-0.2, 0) is 19.0 Å². The molecule has 1 aliphatic heterocycles. The Bertz CT molecular complexity index is 400. The summed E-state index contributed by atoms with van der Waals surface area (Å²) >= 11 is 0. The van der Waals surface area contributed by atoms with E-state index in [1.807, 2.05) is 27.7 Å². The Morgan fingerprint density at radius 2 is 2.00 bits per heavy atom. The summed E-state index contributed by atoms with van der Waals surface area (Å²) in [5.74, 6) is -0.361. The fourth-order valence-electron chi connectivity index (χ4n) is 2.21. The third-order valence-corrected chi connectivity index (χ3v) is 3.45. The number of ether oxygens (including phenoxy) is 3. The SMILES string of the molecule is CC1OC(O[C@H](C)CC/C=C/C(=O)OC(C)(C)C)[C@@H](O)C[C@H]1O. The molecule has 1 rings (SSSR count).